The van der Waals surface area contributed by atoms with E-state index >= 15 is 0 Å². The van der Waals surface area contributed by atoms with Crippen molar-refractivity contribution in [1.29, 1.82) is 0 Å². The standard InChI is InChI=1S/C15H22N6/c1-20-15-13(9-18-20)14(16-10-17-15)19-11-7-12(8-11)21-5-3-2-4-6-21/h9-12H,2-8H2,1H3,(H,16,17,19). The Morgan fingerprint density at radius 3 is 2.76 bits per heavy atom. The molecule has 1 saturated heterocycles. The average Bonchev–Trinajstić information content (AvgIpc) is 2.86. The van der Waals surface area contributed by atoms with E-state index in [1.54, 1.807) is 11.0 Å². The monoisotopic (exact) mass is 286 g/mol. The lowest BCUT2D eigenvalue weighted by Gasteiger charge is -2.44. The lowest BCUT2D eigenvalue weighted by Crippen LogP contribution is -2.51. The summed E-state index contributed by atoms with van der Waals surface area (Å²) in [5.74, 6) is 0.926. The van der Waals surface area contributed by atoms with Crippen LogP contribution in [0.1, 0.15) is 32.1 Å². The zero-order valence-electron chi connectivity index (χ0n) is 12.5. The van der Waals surface area contributed by atoms with Crippen molar-refractivity contribution in [3.63, 3.8) is 0 Å². The Morgan fingerprint density at radius 1 is 1.14 bits per heavy atom. The molecule has 1 aliphatic heterocycles. The van der Waals surface area contributed by atoms with Crippen molar-refractivity contribution in [3.05, 3.63) is 12.5 Å². The van der Waals surface area contributed by atoms with E-state index in [1.807, 2.05) is 13.2 Å². The lowest BCUT2D eigenvalue weighted by molar-refractivity contribution is 0.0959. The van der Waals surface area contributed by atoms with E-state index in [0.717, 1.165) is 22.9 Å². The zero-order valence-corrected chi connectivity index (χ0v) is 12.5. The number of hydrogen-bond acceptors (Lipinski definition) is 5. The second kappa shape index (κ2) is 5.26. The third-order valence-electron chi connectivity index (χ3n) is 4.89. The van der Waals surface area contributed by atoms with Crippen molar-refractivity contribution in [3.8, 4) is 0 Å². The van der Waals surface area contributed by atoms with Crippen molar-refractivity contribution in [2.75, 3.05) is 18.4 Å². The number of rotatable bonds is 3. The molecule has 0 bridgehead atoms. The Bertz CT molecular complexity index is 624. The summed E-state index contributed by atoms with van der Waals surface area (Å²) in [6.07, 6.45) is 10.1. The molecule has 1 N–H and O–H groups in total. The summed E-state index contributed by atoms with van der Waals surface area (Å²) in [6, 6.07) is 1.31. The Hall–Kier alpha value is -1.69. The number of anilines is 1. The molecule has 2 aromatic heterocycles. The maximum absolute atomic E-state index is 4.39. The maximum Gasteiger partial charge on any atom is 0.163 e. The van der Waals surface area contributed by atoms with Crippen LogP contribution in [0.15, 0.2) is 12.5 Å². The Labute approximate surface area is 124 Å². The minimum Gasteiger partial charge on any atom is -0.367 e. The van der Waals surface area contributed by atoms with E-state index in [1.165, 1.54) is 45.2 Å². The highest BCUT2D eigenvalue weighted by atomic mass is 15.3. The normalized spacial score (nSPS) is 26.7. The number of nitrogens with one attached hydrogen (secondary N) is 1. The van der Waals surface area contributed by atoms with Gasteiger partial charge in [-0.2, -0.15) is 5.10 Å². The first kappa shape index (κ1) is 13.0. The van der Waals surface area contributed by atoms with Gasteiger partial charge in [0, 0.05) is 19.1 Å². The van der Waals surface area contributed by atoms with E-state index in [4.69, 9.17) is 0 Å². The van der Waals surface area contributed by atoms with Gasteiger partial charge in [0.05, 0.1) is 11.6 Å². The summed E-state index contributed by atoms with van der Waals surface area (Å²) in [5.41, 5.74) is 0.888. The van der Waals surface area contributed by atoms with Crippen LogP contribution in [0.4, 0.5) is 5.82 Å². The molecule has 6 heteroatoms. The van der Waals surface area contributed by atoms with Gasteiger partial charge < -0.3 is 10.2 Å². The van der Waals surface area contributed by atoms with E-state index in [9.17, 15) is 0 Å². The van der Waals surface area contributed by atoms with E-state index in [-0.39, 0.29) is 0 Å². The van der Waals surface area contributed by atoms with Gasteiger partial charge in [-0.3, -0.25) is 4.68 Å². The summed E-state index contributed by atoms with van der Waals surface area (Å²) in [6.45, 7) is 2.58. The van der Waals surface area contributed by atoms with Crippen molar-refractivity contribution in [2.24, 2.45) is 7.05 Å². The topological polar surface area (TPSA) is 58.9 Å². The molecule has 3 heterocycles. The van der Waals surface area contributed by atoms with Gasteiger partial charge in [-0.15, -0.1) is 0 Å². The van der Waals surface area contributed by atoms with Crippen LogP contribution in [-0.2, 0) is 7.05 Å². The Balaban J connectivity index is 1.41. The highest BCUT2D eigenvalue weighted by Gasteiger charge is 2.34. The van der Waals surface area contributed by atoms with Gasteiger partial charge >= 0.3 is 0 Å². The smallest absolute Gasteiger partial charge is 0.163 e. The van der Waals surface area contributed by atoms with Crippen molar-refractivity contribution < 1.29 is 0 Å². The molecule has 112 valence electrons. The van der Waals surface area contributed by atoms with Crippen LogP contribution < -0.4 is 5.32 Å². The van der Waals surface area contributed by atoms with Gasteiger partial charge in [0.2, 0.25) is 0 Å². The van der Waals surface area contributed by atoms with Crippen LogP contribution in [0.5, 0.6) is 0 Å². The Morgan fingerprint density at radius 2 is 1.95 bits per heavy atom. The van der Waals surface area contributed by atoms with Crippen LogP contribution in [-0.4, -0.2) is 49.8 Å². The molecule has 2 fully saturated rings. The van der Waals surface area contributed by atoms with Crippen LogP contribution >= 0.6 is 0 Å². The summed E-state index contributed by atoms with van der Waals surface area (Å²) in [5, 5.41) is 8.85. The Kier molecular flexibility index (Phi) is 3.25. The number of likely N-dealkylation sites (tertiary alicyclic amines) is 1. The van der Waals surface area contributed by atoms with Crippen LogP contribution in [0, 0.1) is 0 Å². The second-order valence-corrected chi connectivity index (χ2v) is 6.29. The van der Waals surface area contributed by atoms with Crippen molar-refractivity contribution >= 4 is 16.9 Å². The molecule has 4 rings (SSSR count). The summed E-state index contributed by atoms with van der Waals surface area (Å²) in [7, 11) is 1.91. The summed E-state index contributed by atoms with van der Waals surface area (Å²) >= 11 is 0. The van der Waals surface area contributed by atoms with Gasteiger partial charge in [0.1, 0.15) is 12.1 Å². The van der Waals surface area contributed by atoms with Crippen molar-refractivity contribution in [1.82, 2.24) is 24.6 Å². The summed E-state index contributed by atoms with van der Waals surface area (Å²) < 4.78 is 1.79. The lowest BCUT2D eigenvalue weighted by atomic mass is 9.84. The molecule has 0 amide bonds. The first-order chi connectivity index (χ1) is 10.3. The van der Waals surface area contributed by atoms with Crippen LogP contribution in [0.2, 0.25) is 0 Å². The predicted octanol–water partition coefficient (Wildman–Crippen LogP) is 1.79. The molecular weight excluding hydrogens is 264 g/mol. The molecule has 0 unspecified atom stereocenters. The largest absolute Gasteiger partial charge is 0.367 e. The fourth-order valence-electron chi connectivity index (χ4n) is 3.56. The maximum atomic E-state index is 4.39. The molecule has 0 spiro atoms. The molecule has 6 nitrogen and oxygen atoms in total. The number of aromatic nitrogens is 4. The molecule has 0 atom stereocenters. The molecule has 0 aromatic carbocycles. The fourth-order valence-corrected chi connectivity index (χ4v) is 3.56. The number of piperidine rings is 1. The van der Waals surface area contributed by atoms with E-state index in [2.05, 4.69) is 25.3 Å². The number of aryl methyl sites for hydroxylation is 1. The van der Waals surface area contributed by atoms with E-state index < -0.39 is 0 Å². The molecule has 1 aliphatic carbocycles. The van der Waals surface area contributed by atoms with Crippen LogP contribution in [0.25, 0.3) is 11.0 Å². The van der Waals surface area contributed by atoms with E-state index in [0.29, 0.717) is 6.04 Å². The minimum atomic E-state index is 0.537. The average molecular weight is 286 g/mol. The van der Waals surface area contributed by atoms with Crippen molar-refractivity contribution in [2.45, 2.75) is 44.2 Å². The highest BCUT2D eigenvalue weighted by molar-refractivity contribution is 5.86. The molecule has 0 radical (unpaired) electrons. The van der Waals surface area contributed by atoms with Gasteiger partial charge in [0.15, 0.2) is 5.65 Å². The minimum absolute atomic E-state index is 0.537. The molecule has 2 aliphatic rings. The predicted molar refractivity (Wildman–Crippen MR) is 82.2 cm³/mol. The zero-order chi connectivity index (χ0) is 14.2. The SMILES string of the molecule is Cn1ncc2c(NC3CC(N4CCCCC4)C3)ncnc21. The molecular formula is C15H22N6. The molecule has 1 saturated carbocycles. The number of nitrogens with zero attached hydrogens (tertiary/aromatic N) is 5. The first-order valence-electron chi connectivity index (χ1n) is 7.94. The van der Waals surface area contributed by atoms with Gasteiger partial charge in [0.25, 0.3) is 0 Å². The van der Waals surface area contributed by atoms with Gasteiger partial charge in [-0.05, 0) is 38.8 Å². The molecule has 21 heavy (non-hydrogen) atoms. The highest BCUT2D eigenvalue weighted by Crippen LogP contribution is 2.31. The first-order valence-corrected chi connectivity index (χ1v) is 7.94. The van der Waals surface area contributed by atoms with Gasteiger partial charge in [-0.25, -0.2) is 9.97 Å². The molecule has 2 aromatic rings. The number of fused-ring (bicyclic) bond motifs is 1. The van der Waals surface area contributed by atoms with Crippen LogP contribution in [0.3, 0.4) is 0 Å². The third-order valence-corrected chi connectivity index (χ3v) is 4.89. The number of hydrogen-bond donors (Lipinski definition) is 1. The third kappa shape index (κ3) is 2.37. The summed E-state index contributed by atoms with van der Waals surface area (Å²) in [4.78, 5) is 11.3. The fraction of sp³-hybridized carbons (Fsp3) is 0.667. The quantitative estimate of drug-likeness (QED) is 0.932. The van der Waals surface area contributed by atoms with Gasteiger partial charge in [-0.1, -0.05) is 6.42 Å². The second-order valence-electron chi connectivity index (χ2n) is 6.29.